The average molecular weight is 347 g/mol. The van der Waals surface area contributed by atoms with Crippen LogP contribution in [0.4, 0.5) is 5.69 Å². The lowest BCUT2D eigenvalue weighted by molar-refractivity contribution is 0.586. The molecule has 2 rings (SSSR count). The molecule has 6 heteroatoms. The molecule has 1 aromatic carbocycles. The van der Waals surface area contributed by atoms with Gasteiger partial charge in [0.1, 0.15) is 0 Å². The molecular weight excluding hydrogens is 328 g/mol. The quantitative estimate of drug-likeness (QED) is 0.902. The van der Waals surface area contributed by atoms with Gasteiger partial charge in [-0.25, -0.2) is 8.42 Å². The summed E-state index contributed by atoms with van der Waals surface area (Å²) in [5, 5.41) is 0. The lowest BCUT2D eigenvalue weighted by atomic mass is 10.0. The number of rotatable bonds is 3. The first kappa shape index (κ1) is 14.8. The first-order valence-electron chi connectivity index (χ1n) is 6.37. The molecule has 0 bridgehead atoms. The Bertz CT molecular complexity index is 544. The number of halogens is 1. The van der Waals surface area contributed by atoms with Gasteiger partial charge in [-0.15, -0.1) is 0 Å². The number of benzene rings is 1. The van der Waals surface area contributed by atoms with E-state index in [4.69, 9.17) is 5.73 Å². The zero-order valence-corrected chi connectivity index (χ0v) is 13.4. The van der Waals surface area contributed by atoms with Gasteiger partial charge in [0.25, 0.3) is 0 Å². The van der Waals surface area contributed by atoms with Gasteiger partial charge >= 0.3 is 0 Å². The Morgan fingerprint density at radius 3 is 2.58 bits per heavy atom. The summed E-state index contributed by atoms with van der Waals surface area (Å²) in [4.78, 5) is 2.14. The molecule has 0 amide bonds. The molecule has 0 radical (unpaired) electrons. The van der Waals surface area contributed by atoms with Gasteiger partial charge < -0.3 is 10.6 Å². The Hall–Kier alpha value is -0.590. The summed E-state index contributed by atoms with van der Waals surface area (Å²) in [5.74, 6) is 0.467. The van der Waals surface area contributed by atoms with E-state index in [1.54, 1.807) is 0 Å². The zero-order valence-electron chi connectivity index (χ0n) is 11.0. The van der Waals surface area contributed by atoms with Crippen LogP contribution in [0.25, 0.3) is 0 Å². The minimum absolute atomic E-state index is 0.0912. The first-order chi connectivity index (χ1) is 8.87. The van der Waals surface area contributed by atoms with E-state index in [9.17, 15) is 8.42 Å². The van der Waals surface area contributed by atoms with E-state index < -0.39 is 9.84 Å². The third kappa shape index (κ3) is 3.94. The lowest BCUT2D eigenvalue weighted by Gasteiger charge is -2.31. The standard InChI is InChI=1S/C13H19BrN2O2S/c1-10(15)8-11-2-3-12(14)9-13(11)16-4-6-19(17,18)7-5-16/h2-3,9-10H,4-8,15H2,1H3. The molecule has 1 atom stereocenters. The van der Waals surface area contributed by atoms with E-state index >= 15 is 0 Å². The van der Waals surface area contributed by atoms with Crippen LogP contribution in [0.1, 0.15) is 12.5 Å². The number of hydrogen-bond donors (Lipinski definition) is 1. The third-order valence-corrected chi connectivity index (χ3v) is 5.38. The molecule has 0 spiro atoms. The summed E-state index contributed by atoms with van der Waals surface area (Å²) in [7, 11) is -2.85. The fourth-order valence-electron chi connectivity index (χ4n) is 2.30. The maximum Gasteiger partial charge on any atom is 0.153 e. The van der Waals surface area contributed by atoms with Crippen LogP contribution >= 0.6 is 15.9 Å². The van der Waals surface area contributed by atoms with Crippen molar-refractivity contribution in [2.24, 2.45) is 5.73 Å². The van der Waals surface area contributed by atoms with E-state index in [1.807, 2.05) is 13.0 Å². The molecule has 0 aliphatic carbocycles. The minimum atomic E-state index is -2.85. The van der Waals surface area contributed by atoms with Crippen molar-refractivity contribution in [3.63, 3.8) is 0 Å². The Kier molecular flexibility index (Phi) is 4.53. The molecule has 1 unspecified atom stereocenters. The predicted molar refractivity (Wildman–Crippen MR) is 82.4 cm³/mol. The third-order valence-electron chi connectivity index (χ3n) is 3.27. The SMILES string of the molecule is CC(N)Cc1ccc(Br)cc1N1CCS(=O)(=O)CC1. The van der Waals surface area contributed by atoms with Crippen molar-refractivity contribution < 1.29 is 8.42 Å². The van der Waals surface area contributed by atoms with Crippen molar-refractivity contribution in [1.82, 2.24) is 0 Å². The Morgan fingerprint density at radius 1 is 1.37 bits per heavy atom. The number of nitrogens with zero attached hydrogens (tertiary/aromatic N) is 1. The minimum Gasteiger partial charge on any atom is -0.369 e. The molecule has 19 heavy (non-hydrogen) atoms. The highest BCUT2D eigenvalue weighted by Crippen LogP contribution is 2.27. The van der Waals surface area contributed by atoms with Crippen molar-refractivity contribution >= 4 is 31.5 Å². The lowest BCUT2D eigenvalue weighted by Crippen LogP contribution is -2.41. The highest BCUT2D eigenvalue weighted by molar-refractivity contribution is 9.10. The summed E-state index contributed by atoms with van der Waals surface area (Å²) < 4.78 is 24.0. The molecule has 1 aromatic rings. The van der Waals surface area contributed by atoms with E-state index in [2.05, 4.69) is 33.0 Å². The van der Waals surface area contributed by atoms with Crippen molar-refractivity contribution in [2.45, 2.75) is 19.4 Å². The molecule has 1 saturated heterocycles. The van der Waals surface area contributed by atoms with E-state index in [0.29, 0.717) is 13.1 Å². The molecule has 1 heterocycles. The number of sulfone groups is 1. The number of anilines is 1. The van der Waals surface area contributed by atoms with Gasteiger partial charge in [0.2, 0.25) is 0 Å². The molecule has 1 aliphatic heterocycles. The van der Waals surface area contributed by atoms with Crippen LogP contribution in [0.5, 0.6) is 0 Å². The topological polar surface area (TPSA) is 63.4 Å². The van der Waals surface area contributed by atoms with Crippen LogP contribution in [-0.2, 0) is 16.3 Å². The second-order valence-electron chi connectivity index (χ2n) is 5.09. The summed E-state index contributed by atoms with van der Waals surface area (Å²) >= 11 is 3.48. The Labute approximate surface area is 123 Å². The largest absolute Gasteiger partial charge is 0.369 e. The summed E-state index contributed by atoms with van der Waals surface area (Å²) in [5.41, 5.74) is 8.15. The summed E-state index contributed by atoms with van der Waals surface area (Å²) in [6.45, 7) is 3.10. The van der Waals surface area contributed by atoms with Crippen molar-refractivity contribution in [2.75, 3.05) is 29.5 Å². The number of hydrogen-bond acceptors (Lipinski definition) is 4. The van der Waals surface area contributed by atoms with Gasteiger partial charge in [-0.3, -0.25) is 0 Å². The smallest absolute Gasteiger partial charge is 0.153 e. The average Bonchev–Trinajstić information content (AvgIpc) is 2.31. The van der Waals surface area contributed by atoms with Gasteiger partial charge in [-0.2, -0.15) is 0 Å². The van der Waals surface area contributed by atoms with Crippen LogP contribution in [0.3, 0.4) is 0 Å². The van der Waals surface area contributed by atoms with E-state index in [-0.39, 0.29) is 17.5 Å². The van der Waals surface area contributed by atoms with Crippen molar-refractivity contribution in [3.05, 3.63) is 28.2 Å². The molecule has 2 N–H and O–H groups in total. The van der Waals surface area contributed by atoms with E-state index in [1.165, 1.54) is 5.56 Å². The monoisotopic (exact) mass is 346 g/mol. The number of nitrogens with two attached hydrogens (primary N) is 1. The molecular formula is C13H19BrN2O2S. The molecule has 4 nitrogen and oxygen atoms in total. The van der Waals surface area contributed by atoms with E-state index in [0.717, 1.165) is 16.6 Å². The fourth-order valence-corrected chi connectivity index (χ4v) is 3.85. The van der Waals surface area contributed by atoms with Crippen LogP contribution in [0.15, 0.2) is 22.7 Å². The van der Waals surface area contributed by atoms with Crippen LogP contribution in [0.2, 0.25) is 0 Å². The molecule has 0 aromatic heterocycles. The second-order valence-corrected chi connectivity index (χ2v) is 8.31. The van der Waals surface area contributed by atoms with Gasteiger partial charge in [-0.05, 0) is 31.0 Å². The maximum atomic E-state index is 11.5. The van der Waals surface area contributed by atoms with Crippen LogP contribution < -0.4 is 10.6 Å². The molecule has 0 saturated carbocycles. The van der Waals surface area contributed by atoms with Gasteiger partial charge in [0.05, 0.1) is 11.5 Å². The first-order valence-corrected chi connectivity index (χ1v) is 8.98. The summed E-state index contributed by atoms with van der Waals surface area (Å²) in [6, 6.07) is 6.21. The zero-order chi connectivity index (χ0) is 14.0. The second kappa shape index (κ2) is 5.81. The Morgan fingerprint density at radius 2 is 2.00 bits per heavy atom. The van der Waals surface area contributed by atoms with Crippen LogP contribution in [-0.4, -0.2) is 39.1 Å². The normalized spacial score (nSPS) is 20.3. The van der Waals surface area contributed by atoms with Crippen molar-refractivity contribution in [3.8, 4) is 0 Å². The highest BCUT2D eigenvalue weighted by Gasteiger charge is 2.23. The fraction of sp³-hybridized carbons (Fsp3) is 0.538. The maximum absolute atomic E-state index is 11.5. The summed E-state index contributed by atoms with van der Waals surface area (Å²) in [6.07, 6.45) is 0.797. The van der Waals surface area contributed by atoms with Crippen LogP contribution in [0, 0.1) is 0 Å². The highest BCUT2D eigenvalue weighted by atomic mass is 79.9. The molecule has 1 aliphatic rings. The van der Waals surface area contributed by atoms with Crippen molar-refractivity contribution in [1.29, 1.82) is 0 Å². The molecule has 106 valence electrons. The molecule has 1 fully saturated rings. The van der Waals surface area contributed by atoms with Gasteiger partial charge in [0, 0.05) is 29.3 Å². The van der Waals surface area contributed by atoms with Gasteiger partial charge in [0.15, 0.2) is 9.84 Å². The predicted octanol–water partition coefficient (Wildman–Crippen LogP) is 1.57. The van der Waals surface area contributed by atoms with Gasteiger partial charge in [-0.1, -0.05) is 22.0 Å². The Balaban J connectivity index is 2.25.